The maximum Gasteiger partial charge on any atom is 0.242 e. The minimum atomic E-state index is -3.63. The minimum absolute atomic E-state index is 0.175. The summed E-state index contributed by atoms with van der Waals surface area (Å²) in [5.41, 5.74) is 5.80. The Morgan fingerprint density at radius 1 is 1.29 bits per heavy atom. The number of nitrogens with two attached hydrogens (primary N) is 1. The lowest BCUT2D eigenvalue weighted by Crippen LogP contribution is -2.27. The van der Waals surface area contributed by atoms with Crippen molar-refractivity contribution in [2.75, 3.05) is 6.54 Å². The van der Waals surface area contributed by atoms with Crippen molar-refractivity contribution in [3.63, 3.8) is 0 Å². The van der Waals surface area contributed by atoms with Crippen molar-refractivity contribution >= 4 is 21.4 Å². The molecule has 6 heteroatoms. The molecule has 0 aliphatic carbocycles. The predicted octanol–water partition coefficient (Wildman–Crippen LogP) is 2.10. The first-order chi connectivity index (χ1) is 10.0. The van der Waals surface area contributed by atoms with Gasteiger partial charge in [-0.15, -0.1) is 11.3 Å². The van der Waals surface area contributed by atoms with Crippen LogP contribution in [0.4, 0.5) is 0 Å². The second-order valence-corrected chi connectivity index (χ2v) is 7.02. The molecule has 1 aromatic heterocycles. The third-order valence-corrected chi connectivity index (χ3v) is 5.46. The van der Waals surface area contributed by atoms with Crippen molar-refractivity contribution in [2.45, 2.75) is 17.9 Å². The Morgan fingerprint density at radius 3 is 2.71 bits per heavy atom. The van der Waals surface area contributed by atoms with Crippen LogP contribution in [0.15, 0.2) is 46.7 Å². The summed E-state index contributed by atoms with van der Waals surface area (Å²) < 4.78 is 27.7. The highest BCUT2D eigenvalue weighted by Crippen LogP contribution is 2.22. The van der Waals surface area contributed by atoms with E-state index >= 15 is 0 Å². The van der Waals surface area contributed by atoms with E-state index in [1.54, 1.807) is 24.3 Å². The van der Waals surface area contributed by atoms with Crippen LogP contribution < -0.4 is 10.5 Å². The Labute approximate surface area is 129 Å². The molecule has 0 amide bonds. The molecule has 0 fully saturated rings. The van der Waals surface area contributed by atoms with E-state index in [1.165, 1.54) is 11.3 Å². The largest absolute Gasteiger partial charge is 0.320 e. The monoisotopic (exact) mass is 320 g/mol. The van der Waals surface area contributed by atoms with Gasteiger partial charge < -0.3 is 5.73 Å². The van der Waals surface area contributed by atoms with Crippen LogP contribution in [-0.2, 0) is 10.0 Å². The summed E-state index contributed by atoms with van der Waals surface area (Å²) in [5.74, 6) is 5.48. The van der Waals surface area contributed by atoms with Gasteiger partial charge in [-0.2, -0.15) is 0 Å². The Morgan fingerprint density at radius 2 is 2.05 bits per heavy atom. The van der Waals surface area contributed by atoms with Gasteiger partial charge in [-0.25, -0.2) is 13.1 Å². The molecule has 0 bridgehead atoms. The van der Waals surface area contributed by atoms with E-state index in [9.17, 15) is 8.42 Å². The van der Waals surface area contributed by atoms with Gasteiger partial charge in [0, 0.05) is 10.4 Å². The molecule has 0 saturated heterocycles. The van der Waals surface area contributed by atoms with Crippen LogP contribution in [-0.4, -0.2) is 15.0 Å². The molecule has 110 valence electrons. The fourth-order valence-corrected chi connectivity index (χ4v) is 4.04. The normalized spacial score (nSPS) is 12.5. The number of hydrogen-bond acceptors (Lipinski definition) is 4. The van der Waals surface area contributed by atoms with Gasteiger partial charge in [0.1, 0.15) is 0 Å². The van der Waals surface area contributed by atoms with Crippen molar-refractivity contribution in [2.24, 2.45) is 5.73 Å². The number of nitrogens with one attached hydrogen (secondary N) is 1. The molecule has 0 saturated carbocycles. The maximum atomic E-state index is 12.5. The van der Waals surface area contributed by atoms with Crippen LogP contribution in [0.5, 0.6) is 0 Å². The molecule has 0 spiro atoms. The molecular formula is C15H16N2O2S2. The van der Waals surface area contributed by atoms with Crippen LogP contribution in [0.2, 0.25) is 0 Å². The number of hydrogen-bond donors (Lipinski definition) is 2. The quantitative estimate of drug-likeness (QED) is 0.847. The molecule has 1 unspecified atom stereocenters. The highest BCUT2D eigenvalue weighted by Gasteiger charge is 2.21. The average Bonchev–Trinajstić information content (AvgIpc) is 2.99. The van der Waals surface area contributed by atoms with Gasteiger partial charge in [0.25, 0.3) is 0 Å². The summed E-state index contributed by atoms with van der Waals surface area (Å²) in [5, 5.41) is 1.92. The Hall–Kier alpha value is -1.65. The number of thiophene rings is 1. The van der Waals surface area contributed by atoms with Crippen LogP contribution >= 0.6 is 11.3 Å². The van der Waals surface area contributed by atoms with Crippen molar-refractivity contribution in [1.29, 1.82) is 0 Å². The molecule has 1 atom stereocenters. The third-order valence-electron chi connectivity index (χ3n) is 2.80. The van der Waals surface area contributed by atoms with Gasteiger partial charge in [0.05, 0.1) is 17.5 Å². The zero-order chi connectivity index (χ0) is 15.3. The van der Waals surface area contributed by atoms with E-state index in [-0.39, 0.29) is 17.5 Å². The van der Waals surface area contributed by atoms with Crippen LogP contribution in [0.3, 0.4) is 0 Å². The number of benzene rings is 1. The maximum absolute atomic E-state index is 12.5. The number of sulfonamides is 1. The molecule has 0 aliphatic heterocycles. The molecule has 0 radical (unpaired) electrons. The first-order valence-electron chi connectivity index (χ1n) is 6.38. The zero-order valence-corrected chi connectivity index (χ0v) is 13.2. The summed E-state index contributed by atoms with van der Waals surface area (Å²) in [7, 11) is -3.63. The molecule has 0 aliphatic rings. The van der Waals surface area contributed by atoms with E-state index in [1.807, 2.05) is 24.4 Å². The van der Waals surface area contributed by atoms with Crippen LogP contribution in [0.1, 0.15) is 23.4 Å². The predicted molar refractivity (Wildman–Crippen MR) is 85.4 cm³/mol. The lowest BCUT2D eigenvalue weighted by molar-refractivity contribution is 0.568. The van der Waals surface area contributed by atoms with E-state index in [0.717, 1.165) is 4.88 Å². The molecule has 1 heterocycles. The zero-order valence-electron chi connectivity index (χ0n) is 11.5. The molecule has 4 nitrogen and oxygen atoms in total. The van der Waals surface area contributed by atoms with E-state index in [2.05, 4.69) is 16.6 Å². The van der Waals surface area contributed by atoms with Gasteiger partial charge >= 0.3 is 0 Å². The van der Waals surface area contributed by atoms with Crippen molar-refractivity contribution in [3.05, 3.63) is 52.2 Å². The Bertz CT molecular complexity index is 756. The fourth-order valence-electron chi connectivity index (χ4n) is 1.84. The first-order valence-corrected chi connectivity index (χ1v) is 8.74. The highest BCUT2D eigenvalue weighted by atomic mass is 32.2. The fraction of sp³-hybridized carbons (Fsp3) is 0.200. The summed E-state index contributed by atoms with van der Waals surface area (Å²) in [6, 6.07) is 10.2. The van der Waals surface area contributed by atoms with Gasteiger partial charge in [0.2, 0.25) is 10.0 Å². The summed E-state index contributed by atoms with van der Waals surface area (Å²) in [6.45, 7) is 2.00. The molecule has 2 aromatic rings. The average molecular weight is 320 g/mol. The second-order valence-electron chi connectivity index (χ2n) is 4.36. The van der Waals surface area contributed by atoms with Gasteiger partial charge in [0.15, 0.2) is 0 Å². The molecule has 3 N–H and O–H groups in total. The third kappa shape index (κ3) is 3.93. The van der Waals surface area contributed by atoms with Gasteiger partial charge in [-0.1, -0.05) is 30.0 Å². The van der Waals surface area contributed by atoms with Gasteiger partial charge in [-0.05, 0) is 30.5 Å². The molecular weight excluding hydrogens is 304 g/mol. The second kappa shape index (κ2) is 6.87. The Balaban J connectivity index is 2.32. The smallest absolute Gasteiger partial charge is 0.242 e. The van der Waals surface area contributed by atoms with E-state index < -0.39 is 10.0 Å². The summed E-state index contributed by atoms with van der Waals surface area (Å²) >= 11 is 1.51. The Kier molecular flexibility index (Phi) is 5.15. The lowest BCUT2D eigenvalue weighted by Gasteiger charge is -2.13. The highest BCUT2D eigenvalue weighted by molar-refractivity contribution is 7.89. The van der Waals surface area contributed by atoms with Gasteiger partial charge in [-0.3, -0.25) is 0 Å². The molecule has 1 aromatic carbocycles. The standard InChI is InChI=1S/C15H16N2O2S2/c1-12(14-8-5-11-20-14)17-21(18,19)15-9-3-2-6-13(15)7-4-10-16/h2-3,5-6,8-9,11-12,17H,10,16H2,1H3. The number of rotatable bonds is 4. The summed E-state index contributed by atoms with van der Waals surface area (Å²) in [4.78, 5) is 1.14. The SMILES string of the molecule is CC(NS(=O)(=O)c1ccccc1C#CCN)c1cccs1. The molecule has 2 rings (SSSR count). The first kappa shape index (κ1) is 15.7. The lowest BCUT2D eigenvalue weighted by atomic mass is 10.2. The molecule has 21 heavy (non-hydrogen) atoms. The topological polar surface area (TPSA) is 72.2 Å². The van der Waals surface area contributed by atoms with Crippen molar-refractivity contribution in [1.82, 2.24) is 4.72 Å². The van der Waals surface area contributed by atoms with E-state index in [4.69, 9.17) is 5.73 Å². The minimum Gasteiger partial charge on any atom is -0.320 e. The van der Waals surface area contributed by atoms with Crippen LogP contribution in [0.25, 0.3) is 0 Å². The summed E-state index contributed by atoms with van der Waals surface area (Å²) in [6.07, 6.45) is 0. The van der Waals surface area contributed by atoms with Crippen LogP contribution in [0, 0.1) is 11.8 Å². The van der Waals surface area contributed by atoms with E-state index in [0.29, 0.717) is 5.56 Å². The van der Waals surface area contributed by atoms with Crippen molar-refractivity contribution < 1.29 is 8.42 Å². The van der Waals surface area contributed by atoms with Crippen molar-refractivity contribution in [3.8, 4) is 11.8 Å².